The molecule has 0 spiro atoms. The lowest BCUT2D eigenvalue weighted by Gasteiger charge is -2.11. The van der Waals surface area contributed by atoms with Gasteiger partial charge in [-0.1, -0.05) is 11.6 Å². The molecule has 0 radical (unpaired) electrons. The van der Waals surface area contributed by atoms with Gasteiger partial charge in [-0.15, -0.1) is 0 Å². The molecule has 122 valence electrons. The molecule has 0 atom stereocenters. The Hall–Kier alpha value is -1.57. The van der Waals surface area contributed by atoms with Gasteiger partial charge in [0.15, 0.2) is 16.6 Å². The summed E-state index contributed by atoms with van der Waals surface area (Å²) in [5.74, 6) is 1.07. The molecular weight excluding hydrogens is 326 g/mol. The van der Waals surface area contributed by atoms with E-state index in [1.54, 1.807) is 32.6 Å². The number of ether oxygens (including phenoxy) is 3. The smallest absolute Gasteiger partial charge is 0.187 e. The van der Waals surface area contributed by atoms with Crippen LogP contribution in [0.2, 0.25) is 5.02 Å². The van der Waals surface area contributed by atoms with Crippen molar-refractivity contribution in [1.82, 2.24) is 10.7 Å². The van der Waals surface area contributed by atoms with Gasteiger partial charge in [-0.2, -0.15) is 5.10 Å². The zero-order valence-electron chi connectivity index (χ0n) is 12.8. The van der Waals surface area contributed by atoms with Gasteiger partial charge in [0.05, 0.1) is 31.6 Å². The van der Waals surface area contributed by atoms with E-state index in [4.69, 9.17) is 38.0 Å². The number of rotatable bonds is 8. The van der Waals surface area contributed by atoms with Crippen LogP contribution in [0.5, 0.6) is 11.5 Å². The summed E-state index contributed by atoms with van der Waals surface area (Å²) in [6.45, 7) is 3.58. The predicted octanol–water partition coefficient (Wildman–Crippen LogP) is 2.19. The summed E-state index contributed by atoms with van der Waals surface area (Å²) in [6.07, 6.45) is 1.60. The van der Waals surface area contributed by atoms with Crippen molar-refractivity contribution in [3.63, 3.8) is 0 Å². The highest BCUT2D eigenvalue weighted by molar-refractivity contribution is 7.80. The molecule has 2 N–H and O–H groups in total. The van der Waals surface area contributed by atoms with Crippen LogP contribution >= 0.6 is 23.8 Å². The van der Waals surface area contributed by atoms with E-state index < -0.39 is 0 Å². The normalized spacial score (nSPS) is 10.5. The molecule has 0 fully saturated rings. The summed E-state index contributed by atoms with van der Waals surface area (Å²) in [5, 5.41) is 7.85. The first-order valence-electron chi connectivity index (χ1n) is 6.68. The molecule has 0 aliphatic heterocycles. The van der Waals surface area contributed by atoms with Crippen LogP contribution in [-0.2, 0) is 4.74 Å². The number of nitrogens with one attached hydrogen (secondary N) is 2. The van der Waals surface area contributed by atoms with Crippen molar-refractivity contribution in [3.05, 3.63) is 22.7 Å². The maximum absolute atomic E-state index is 6.16. The molecule has 0 saturated heterocycles. The first kappa shape index (κ1) is 18.5. The Morgan fingerprint density at radius 3 is 2.82 bits per heavy atom. The monoisotopic (exact) mass is 345 g/mol. The number of methoxy groups -OCH3 is 2. The average Bonchev–Trinajstić information content (AvgIpc) is 2.48. The Balaban J connectivity index is 2.68. The summed E-state index contributed by atoms with van der Waals surface area (Å²) in [6, 6.07) is 3.52. The van der Waals surface area contributed by atoms with Gasteiger partial charge in [-0.3, -0.25) is 5.43 Å². The zero-order valence-corrected chi connectivity index (χ0v) is 14.4. The lowest BCUT2D eigenvalue weighted by molar-refractivity contribution is 0.204. The fourth-order valence-corrected chi connectivity index (χ4v) is 2.05. The molecule has 0 bridgehead atoms. The van der Waals surface area contributed by atoms with Crippen LogP contribution in [0, 0.1) is 0 Å². The molecule has 1 aromatic carbocycles. The molecule has 0 heterocycles. The number of hydrazone groups is 1. The van der Waals surface area contributed by atoms with Gasteiger partial charge in [-0.25, -0.2) is 0 Å². The number of benzene rings is 1. The van der Waals surface area contributed by atoms with Crippen molar-refractivity contribution in [3.8, 4) is 11.5 Å². The quantitative estimate of drug-likeness (QED) is 0.326. The summed E-state index contributed by atoms with van der Waals surface area (Å²) < 4.78 is 15.6. The van der Waals surface area contributed by atoms with E-state index in [-0.39, 0.29) is 0 Å². The van der Waals surface area contributed by atoms with Gasteiger partial charge in [0.1, 0.15) is 0 Å². The molecule has 0 aromatic heterocycles. The number of thiocarbonyl (C=S) groups is 1. The second-order valence-electron chi connectivity index (χ2n) is 4.09. The molecule has 0 aliphatic carbocycles. The second-order valence-corrected chi connectivity index (χ2v) is 4.90. The molecule has 8 heteroatoms. The number of halogens is 1. The van der Waals surface area contributed by atoms with Crippen LogP contribution in [0.4, 0.5) is 0 Å². The van der Waals surface area contributed by atoms with Crippen LogP contribution in [0.15, 0.2) is 17.2 Å². The minimum Gasteiger partial charge on any atom is -0.491 e. The minimum absolute atomic E-state index is 0.415. The molecule has 0 unspecified atom stereocenters. The highest BCUT2D eigenvalue weighted by Crippen LogP contribution is 2.35. The summed E-state index contributed by atoms with van der Waals surface area (Å²) in [4.78, 5) is 0. The number of nitrogens with zero attached hydrogens (tertiary/aromatic N) is 1. The molecule has 22 heavy (non-hydrogen) atoms. The molecular formula is C14H20ClN3O3S. The van der Waals surface area contributed by atoms with Crippen LogP contribution in [0.25, 0.3) is 0 Å². The van der Waals surface area contributed by atoms with E-state index in [9.17, 15) is 0 Å². The van der Waals surface area contributed by atoms with Crippen LogP contribution in [0.1, 0.15) is 12.5 Å². The van der Waals surface area contributed by atoms with Gasteiger partial charge in [-0.05, 0) is 36.8 Å². The second kappa shape index (κ2) is 10.2. The maximum Gasteiger partial charge on any atom is 0.187 e. The molecule has 0 amide bonds. The van der Waals surface area contributed by atoms with Crippen LogP contribution in [-0.4, -0.2) is 45.3 Å². The Bertz CT molecular complexity index is 526. The van der Waals surface area contributed by atoms with Crippen molar-refractivity contribution in [2.24, 2.45) is 5.10 Å². The first-order valence-corrected chi connectivity index (χ1v) is 7.47. The van der Waals surface area contributed by atoms with E-state index in [0.717, 1.165) is 5.56 Å². The standard InChI is InChI=1S/C14H20ClN3O3S/c1-4-21-12-8-10(7-11(15)13(12)20-3)9-17-18-14(22)16-5-6-19-2/h7-9H,4-6H2,1-3H3,(H2,16,18,22)/b17-9-. The Kier molecular flexibility index (Phi) is 8.57. The predicted molar refractivity (Wildman–Crippen MR) is 92.4 cm³/mol. The lowest BCUT2D eigenvalue weighted by atomic mass is 10.2. The molecule has 6 nitrogen and oxygen atoms in total. The van der Waals surface area contributed by atoms with E-state index >= 15 is 0 Å². The molecule has 0 aliphatic rings. The van der Waals surface area contributed by atoms with E-state index in [2.05, 4.69) is 15.8 Å². The highest BCUT2D eigenvalue weighted by atomic mass is 35.5. The van der Waals surface area contributed by atoms with Crippen molar-refractivity contribution >= 4 is 35.1 Å². The fraction of sp³-hybridized carbons (Fsp3) is 0.429. The average molecular weight is 346 g/mol. The number of hydrogen-bond acceptors (Lipinski definition) is 5. The molecule has 1 rings (SSSR count). The van der Waals surface area contributed by atoms with Gasteiger partial charge >= 0.3 is 0 Å². The van der Waals surface area contributed by atoms with Gasteiger partial charge in [0.2, 0.25) is 0 Å². The Morgan fingerprint density at radius 1 is 1.41 bits per heavy atom. The largest absolute Gasteiger partial charge is 0.491 e. The van der Waals surface area contributed by atoms with E-state index in [0.29, 0.717) is 41.4 Å². The Morgan fingerprint density at radius 2 is 2.18 bits per heavy atom. The highest BCUT2D eigenvalue weighted by Gasteiger charge is 2.10. The number of hydrogen-bond donors (Lipinski definition) is 2. The van der Waals surface area contributed by atoms with Crippen LogP contribution in [0.3, 0.4) is 0 Å². The summed E-state index contributed by atoms with van der Waals surface area (Å²) in [5.41, 5.74) is 3.47. The molecule has 0 saturated carbocycles. The first-order chi connectivity index (χ1) is 10.6. The summed E-state index contributed by atoms with van der Waals surface area (Å²) in [7, 11) is 3.17. The summed E-state index contributed by atoms with van der Waals surface area (Å²) >= 11 is 11.2. The van der Waals surface area contributed by atoms with Crippen LogP contribution < -0.4 is 20.2 Å². The Labute approximate surface area is 140 Å². The van der Waals surface area contributed by atoms with E-state index in [1.807, 2.05) is 6.92 Å². The topological polar surface area (TPSA) is 64.1 Å². The third-order valence-corrected chi connectivity index (χ3v) is 3.02. The van der Waals surface area contributed by atoms with E-state index in [1.165, 1.54) is 0 Å². The fourth-order valence-electron chi connectivity index (χ4n) is 1.60. The van der Waals surface area contributed by atoms with Crippen molar-refractivity contribution in [2.45, 2.75) is 6.92 Å². The zero-order chi connectivity index (χ0) is 16.4. The van der Waals surface area contributed by atoms with Gasteiger partial charge in [0, 0.05) is 13.7 Å². The molecule has 1 aromatic rings. The minimum atomic E-state index is 0.415. The maximum atomic E-state index is 6.16. The third-order valence-electron chi connectivity index (χ3n) is 2.51. The van der Waals surface area contributed by atoms with Crippen molar-refractivity contribution < 1.29 is 14.2 Å². The third kappa shape index (κ3) is 6.05. The lowest BCUT2D eigenvalue weighted by Crippen LogP contribution is -2.34. The van der Waals surface area contributed by atoms with Gasteiger partial charge < -0.3 is 19.5 Å². The van der Waals surface area contributed by atoms with Crippen molar-refractivity contribution in [2.75, 3.05) is 34.0 Å². The SMILES string of the molecule is CCOc1cc(/C=N\NC(=S)NCCOC)cc(Cl)c1OC. The van der Waals surface area contributed by atoms with Gasteiger partial charge in [0.25, 0.3) is 0 Å². The van der Waals surface area contributed by atoms with Crippen molar-refractivity contribution in [1.29, 1.82) is 0 Å².